The number of hydrogen-bond donors (Lipinski definition) is 1. The van der Waals surface area contributed by atoms with Crippen LogP contribution in [0.3, 0.4) is 0 Å². The molecule has 1 aromatic rings. The number of hydrogen-bond acceptors (Lipinski definition) is 3. The molecule has 2 rings (SSSR count). The van der Waals surface area contributed by atoms with Crippen molar-refractivity contribution in [2.75, 3.05) is 24.6 Å². The van der Waals surface area contributed by atoms with Crippen LogP contribution in [0.1, 0.15) is 18.5 Å². The van der Waals surface area contributed by atoms with Gasteiger partial charge in [0.25, 0.3) is 0 Å². The van der Waals surface area contributed by atoms with Gasteiger partial charge in [-0.2, -0.15) is 0 Å². The van der Waals surface area contributed by atoms with Gasteiger partial charge in [-0.15, -0.1) is 0 Å². The van der Waals surface area contributed by atoms with E-state index < -0.39 is 10.8 Å². The Bertz CT molecular complexity index is 429. The maximum Gasteiger partial charge on any atom is 0.0497 e. The van der Waals surface area contributed by atoms with E-state index in [0.29, 0.717) is 0 Å². The van der Waals surface area contributed by atoms with Crippen LogP contribution in [0.25, 0.3) is 0 Å². The van der Waals surface area contributed by atoms with Crippen molar-refractivity contribution in [3.63, 3.8) is 0 Å². The first-order chi connectivity index (χ1) is 8.58. The van der Waals surface area contributed by atoms with Crippen LogP contribution in [0.5, 0.6) is 0 Å². The summed E-state index contributed by atoms with van der Waals surface area (Å²) >= 11 is 6.05. The van der Waals surface area contributed by atoms with Crippen molar-refractivity contribution in [3.8, 4) is 0 Å². The van der Waals surface area contributed by atoms with Crippen LogP contribution in [0.2, 0.25) is 5.02 Å². The van der Waals surface area contributed by atoms with Crippen LogP contribution < -0.4 is 5.73 Å². The molecular weight excluding hydrogens is 268 g/mol. The summed E-state index contributed by atoms with van der Waals surface area (Å²) in [7, 11) is -0.660. The van der Waals surface area contributed by atoms with Gasteiger partial charge in [-0.1, -0.05) is 23.7 Å². The Morgan fingerprint density at radius 2 is 2.06 bits per heavy atom. The van der Waals surface area contributed by atoms with E-state index in [1.54, 1.807) is 0 Å². The topological polar surface area (TPSA) is 46.3 Å². The van der Waals surface area contributed by atoms with Gasteiger partial charge in [0.05, 0.1) is 0 Å². The molecule has 18 heavy (non-hydrogen) atoms. The van der Waals surface area contributed by atoms with Crippen LogP contribution in [0, 0.1) is 0 Å². The Hall–Kier alpha value is -0.420. The van der Waals surface area contributed by atoms with Crippen molar-refractivity contribution < 1.29 is 4.21 Å². The van der Waals surface area contributed by atoms with Gasteiger partial charge in [-0.3, -0.25) is 9.11 Å². The molecule has 2 N–H and O–H groups in total. The highest BCUT2D eigenvalue weighted by Gasteiger charge is 2.27. The van der Waals surface area contributed by atoms with Gasteiger partial charge in [-0.25, -0.2) is 0 Å². The minimum Gasteiger partial charge on any atom is -0.326 e. The molecule has 5 heteroatoms. The van der Waals surface area contributed by atoms with Gasteiger partial charge in [0.15, 0.2) is 0 Å². The minimum absolute atomic E-state index is 0.0232. The molecule has 1 aliphatic heterocycles. The third-order valence-corrected chi connectivity index (χ3v) is 4.80. The first kappa shape index (κ1) is 14.0. The maximum atomic E-state index is 11.4. The lowest BCUT2D eigenvalue weighted by atomic mass is 9.99. The second kappa shape index (κ2) is 6.15. The molecule has 1 saturated heterocycles. The third kappa shape index (κ3) is 3.32. The van der Waals surface area contributed by atoms with E-state index in [1.807, 2.05) is 25.1 Å². The van der Waals surface area contributed by atoms with Gasteiger partial charge < -0.3 is 5.73 Å². The second-order valence-electron chi connectivity index (χ2n) is 4.74. The molecule has 1 aliphatic rings. The van der Waals surface area contributed by atoms with Gasteiger partial charge in [0.1, 0.15) is 0 Å². The highest BCUT2D eigenvalue weighted by Crippen LogP contribution is 2.26. The Labute approximate surface area is 116 Å². The number of nitrogens with two attached hydrogens (primary N) is 1. The summed E-state index contributed by atoms with van der Waals surface area (Å²) in [5, 5.41) is 0.735. The lowest BCUT2D eigenvalue weighted by molar-refractivity contribution is 0.193. The summed E-state index contributed by atoms with van der Waals surface area (Å²) in [4.78, 5) is 2.32. The molecule has 1 fully saturated rings. The van der Waals surface area contributed by atoms with E-state index in [-0.39, 0.29) is 12.1 Å². The molecule has 1 aromatic carbocycles. The first-order valence-corrected chi connectivity index (χ1v) is 8.04. The van der Waals surface area contributed by atoms with Crippen molar-refractivity contribution in [2.45, 2.75) is 19.0 Å². The molecule has 3 nitrogen and oxygen atoms in total. The molecule has 0 spiro atoms. The second-order valence-corrected chi connectivity index (χ2v) is 6.88. The predicted molar refractivity (Wildman–Crippen MR) is 77.3 cm³/mol. The molecule has 2 unspecified atom stereocenters. The summed E-state index contributed by atoms with van der Waals surface area (Å²) < 4.78 is 11.4. The number of rotatable bonds is 3. The van der Waals surface area contributed by atoms with Crippen molar-refractivity contribution in [1.29, 1.82) is 0 Å². The summed E-state index contributed by atoms with van der Waals surface area (Å²) in [5.74, 6) is 1.48. The normalized spacial score (nSPS) is 21.7. The zero-order valence-corrected chi connectivity index (χ0v) is 12.1. The predicted octanol–water partition coefficient (Wildman–Crippen LogP) is 1.79. The lowest BCUT2D eigenvalue weighted by Crippen LogP contribution is -2.46. The van der Waals surface area contributed by atoms with Crippen LogP contribution in [-0.2, 0) is 10.8 Å². The molecule has 2 atom stereocenters. The summed E-state index contributed by atoms with van der Waals surface area (Å²) in [6.07, 6.45) is 0. The third-order valence-electron chi connectivity index (χ3n) is 3.29. The fourth-order valence-corrected chi connectivity index (χ4v) is 3.75. The zero-order chi connectivity index (χ0) is 13.1. The highest BCUT2D eigenvalue weighted by atomic mass is 35.5. The number of nitrogens with zero attached hydrogens (tertiary/aromatic N) is 1. The molecule has 0 saturated carbocycles. The molecule has 0 bridgehead atoms. The molecule has 0 radical (unpaired) electrons. The van der Waals surface area contributed by atoms with E-state index in [2.05, 4.69) is 11.0 Å². The first-order valence-electron chi connectivity index (χ1n) is 6.18. The zero-order valence-electron chi connectivity index (χ0n) is 10.5. The lowest BCUT2D eigenvalue weighted by Gasteiger charge is -2.36. The van der Waals surface area contributed by atoms with Gasteiger partial charge in [-0.05, 0) is 24.6 Å². The molecule has 0 aromatic heterocycles. The Kier molecular flexibility index (Phi) is 4.78. The van der Waals surface area contributed by atoms with Crippen molar-refractivity contribution >= 4 is 22.4 Å². The Morgan fingerprint density at radius 3 is 2.61 bits per heavy atom. The van der Waals surface area contributed by atoms with E-state index in [0.717, 1.165) is 35.2 Å². The van der Waals surface area contributed by atoms with Crippen molar-refractivity contribution in [2.24, 2.45) is 5.73 Å². The SMILES string of the molecule is CC(N)C(c1cccc(Cl)c1)N1CCS(=O)CC1. The standard InChI is InChI=1S/C13H19ClN2OS/c1-10(15)13(11-3-2-4-12(14)9-11)16-5-7-18(17)8-6-16/h2-4,9-10,13H,5-8,15H2,1H3. The molecule has 0 amide bonds. The quantitative estimate of drug-likeness (QED) is 0.922. The average Bonchev–Trinajstić information content (AvgIpc) is 2.32. The number of benzene rings is 1. The van der Waals surface area contributed by atoms with Crippen LogP contribution >= 0.6 is 11.6 Å². The van der Waals surface area contributed by atoms with E-state index >= 15 is 0 Å². The summed E-state index contributed by atoms with van der Waals surface area (Å²) in [6, 6.07) is 8.03. The number of halogens is 1. The Balaban J connectivity index is 2.20. The summed E-state index contributed by atoms with van der Waals surface area (Å²) in [5.41, 5.74) is 7.27. The summed E-state index contributed by atoms with van der Waals surface area (Å²) in [6.45, 7) is 3.69. The van der Waals surface area contributed by atoms with E-state index in [1.165, 1.54) is 0 Å². The van der Waals surface area contributed by atoms with Crippen LogP contribution in [-0.4, -0.2) is 39.7 Å². The monoisotopic (exact) mass is 286 g/mol. The van der Waals surface area contributed by atoms with Crippen LogP contribution in [0.15, 0.2) is 24.3 Å². The average molecular weight is 287 g/mol. The smallest absolute Gasteiger partial charge is 0.0497 e. The Morgan fingerprint density at radius 1 is 1.39 bits per heavy atom. The molecule has 100 valence electrons. The van der Waals surface area contributed by atoms with Crippen LogP contribution in [0.4, 0.5) is 0 Å². The van der Waals surface area contributed by atoms with E-state index in [4.69, 9.17) is 17.3 Å². The van der Waals surface area contributed by atoms with Gasteiger partial charge in [0.2, 0.25) is 0 Å². The van der Waals surface area contributed by atoms with E-state index in [9.17, 15) is 4.21 Å². The highest BCUT2D eigenvalue weighted by molar-refractivity contribution is 7.85. The fraction of sp³-hybridized carbons (Fsp3) is 0.538. The molecule has 1 heterocycles. The fourth-order valence-electron chi connectivity index (χ4n) is 2.47. The van der Waals surface area contributed by atoms with Gasteiger partial charge >= 0.3 is 0 Å². The van der Waals surface area contributed by atoms with Crippen molar-refractivity contribution in [3.05, 3.63) is 34.9 Å². The maximum absolute atomic E-state index is 11.4. The largest absolute Gasteiger partial charge is 0.326 e. The van der Waals surface area contributed by atoms with Gasteiger partial charge in [0, 0.05) is 52.5 Å². The van der Waals surface area contributed by atoms with Crippen molar-refractivity contribution in [1.82, 2.24) is 4.90 Å². The molecular formula is C13H19ClN2OS. The minimum atomic E-state index is -0.660. The molecule has 0 aliphatic carbocycles.